The number of nitrogens with zero attached hydrogens (tertiary/aromatic N) is 3. The highest BCUT2D eigenvalue weighted by molar-refractivity contribution is 5.81. The first-order chi connectivity index (χ1) is 10.2. The fourth-order valence-electron chi connectivity index (χ4n) is 3.46. The summed E-state index contributed by atoms with van der Waals surface area (Å²) >= 11 is 0. The molecule has 1 fully saturated rings. The van der Waals surface area contributed by atoms with E-state index in [1.807, 2.05) is 0 Å². The zero-order valence-corrected chi connectivity index (χ0v) is 13.1. The third-order valence-electron chi connectivity index (χ3n) is 4.80. The van der Waals surface area contributed by atoms with E-state index in [1.54, 1.807) is 0 Å². The van der Waals surface area contributed by atoms with Crippen LogP contribution in [0.3, 0.4) is 0 Å². The lowest BCUT2D eigenvalue weighted by Gasteiger charge is -2.33. The van der Waals surface area contributed by atoms with E-state index in [9.17, 15) is 0 Å². The smallest absolute Gasteiger partial charge is 0.0843 e. The van der Waals surface area contributed by atoms with Crippen LogP contribution in [-0.4, -0.2) is 33.8 Å². The molecule has 0 saturated heterocycles. The molecule has 4 heteroatoms. The maximum atomic E-state index is 6.01. The molecule has 3 rings (SSSR count). The van der Waals surface area contributed by atoms with Crippen LogP contribution in [0.15, 0.2) is 24.3 Å². The van der Waals surface area contributed by atoms with Gasteiger partial charge >= 0.3 is 0 Å². The third-order valence-corrected chi connectivity index (χ3v) is 4.80. The van der Waals surface area contributed by atoms with Gasteiger partial charge in [-0.2, -0.15) is 5.10 Å². The molecule has 0 spiro atoms. The summed E-state index contributed by atoms with van der Waals surface area (Å²) in [5, 5.41) is 6.10. The van der Waals surface area contributed by atoms with E-state index in [4.69, 9.17) is 10.8 Å². The van der Waals surface area contributed by atoms with E-state index in [2.05, 4.69) is 47.8 Å². The highest BCUT2D eigenvalue weighted by Crippen LogP contribution is 2.25. The van der Waals surface area contributed by atoms with Gasteiger partial charge in [-0.05, 0) is 45.7 Å². The van der Waals surface area contributed by atoms with Gasteiger partial charge in [0.2, 0.25) is 0 Å². The Bertz CT molecular complexity index is 596. The van der Waals surface area contributed by atoms with Crippen molar-refractivity contribution < 1.29 is 0 Å². The molecule has 1 aromatic heterocycles. The number of hydrogen-bond acceptors (Lipinski definition) is 3. The largest absolute Gasteiger partial charge is 0.328 e. The van der Waals surface area contributed by atoms with Crippen molar-refractivity contribution in [2.45, 2.75) is 57.8 Å². The molecule has 1 heterocycles. The molecule has 0 bridgehead atoms. The van der Waals surface area contributed by atoms with Gasteiger partial charge in [0.25, 0.3) is 0 Å². The van der Waals surface area contributed by atoms with Crippen LogP contribution in [0.25, 0.3) is 10.9 Å². The van der Waals surface area contributed by atoms with Gasteiger partial charge in [-0.25, -0.2) is 0 Å². The lowest BCUT2D eigenvalue weighted by atomic mass is 9.91. The molecule has 0 radical (unpaired) electrons. The summed E-state index contributed by atoms with van der Waals surface area (Å²) < 4.78 is 2.11. The minimum absolute atomic E-state index is 0.412. The highest BCUT2D eigenvalue weighted by atomic mass is 15.3. The van der Waals surface area contributed by atoms with Gasteiger partial charge in [0.1, 0.15) is 0 Å². The lowest BCUT2D eigenvalue weighted by Crippen LogP contribution is -2.38. The summed E-state index contributed by atoms with van der Waals surface area (Å²) in [6.07, 6.45) is 4.73. The van der Waals surface area contributed by atoms with Crippen LogP contribution in [0, 0.1) is 0 Å². The molecule has 1 aromatic carbocycles. The monoisotopic (exact) mass is 286 g/mol. The van der Waals surface area contributed by atoms with Crippen molar-refractivity contribution in [1.29, 1.82) is 0 Å². The fraction of sp³-hybridized carbons (Fsp3) is 0.588. The molecular weight excluding hydrogens is 260 g/mol. The molecule has 21 heavy (non-hydrogen) atoms. The zero-order valence-electron chi connectivity index (χ0n) is 13.1. The fourth-order valence-corrected chi connectivity index (χ4v) is 3.46. The van der Waals surface area contributed by atoms with Gasteiger partial charge in [0.05, 0.1) is 11.2 Å². The Hall–Kier alpha value is -1.39. The Morgan fingerprint density at radius 3 is 2.67 bits per heavy atom. The standard InChI is InChI=1S/C17H26N4/c1-3-21-17-7-5-4-6-15(17)16(19-21)12-20(2)14-10-8-13(18)9-11-14/h4-7,13-14H,3,8-12,18H2,1-2H3. The topological polar surface area (TPSA) is 47.1 Å². The summed E-state index contributed by atoms with van der Waals surface area (Å²) in [4.78, 5) is 2.46. The Kier molecular flexibility index (Phi) is 4.27. The highest BCUT2D eigenvalue weighted by Gasteiger charge is 2.23. The summed E-state index contributed by atoms with van der Waals surface area (Å²) in [7, 11) is 2.22. The first kappa shape index (κ1) is 14.5. The number of benzene rings is 1. The number of nitrogens with two attached hydrogens (primary N) is 1. The van der Waals surface area contributed by atoms with E-state index < -0.39 is 0 Å². The summed E-state index contributed by atoms with van der Waals surface area (Å²) in [5.74, 6) is 0. The number of rotatable bonds is 4. The SMILES string of the molecule is CCn1nc(CN(C)C2CCC(N)CC2)c2ccccc21. The van der Waals surface area contributed by atoms with Crippen molar-refractivity contribution in [2.75, 3.05) is 7.05 Å². The molecule has 0 atom stereocenters. The van der Waals surface area contributed by atoms with Crippen LogP contribution >= 0.6 is 0 Å². The Morgan fingerprint density at radius 2 is 1.95 bits per heavy atom. The molecular formula is C17H26N4. The Morgan fingerprint density at radius 1 is 1.24 bits per heavy atom. The van der Waals surface area contributed by atoms with Gasteiger partial charge in [-0.15, -0.1) is 0 Å². The van der Waals surface area contributed by atoms with Crippen LogP contribution in [0.5, 0.6) is 0 Å². The first-order valence-electron chi connectivity index (χ1n) is 8.09. The van der Waals surface area contributed by atoms with Crippen LogP contribution in [0.2, 0.25) is 0 Å². The predicted molar refractivity (Wildman–Crippen MR) is 87.1 cm³/mol. The van der Waals surface area contributed by atoms with E-state index in [1.165, 1.54) is 29.4 Å². The maximum Gasteiger partial charge on any atom is 0.0843 e. The van der Waals surface area contributed by atoms with Crippen molar-refractivity contribution in [3.8, 4) is 0 Å². The predicted octanol–water partition coefficient (Wildman–Crippen LogP) is 2.76. The zero-order chi connectivity index (χ0) is 14.8. The number of fused-ring (bicyclic) bond motifs is 1. The van der Waals surface area contributed by atoms with Gasteiger partial charge in [0.15, 0.2) is 0 Å². The average molecular weight is 286 g/mol. The molecule has 2 aromatic rings. The van der Waals surface area contributed by atoms with Gasteiger partial charge in [-0.3, -0.25) is 9.58 Å². The maximum absolute atomic E-state index is 6.01. The van der Waals surface area contributed by atoms with Crippen LogP contribution in [-0.2, 0) is 13.1 Å². The van der Waals surface area contributed by atoms with E-state index in [-0.39, 0.29) is 0 Å². The molecule has 1 saturated carbocycles. The second-order valence-corrected chi connectivity index (χ2v) is 6.26. The minimum atomic E-state index is 0.412. The summed E-state index contributed by atoms with van der Waals surface area (Å²) in [6.45, 7) is 3.99. The molecule has 1 aliphatic carbocycles. The lowest BCUT2D eigenvalue weighted by molar-refractivity contribution is 0.174. The first-order valence-corrected chi connectivity index (χ1v) is 8.09. The summed E-state index contributed by atoms with van der Waals surface area (Å²) in [6, 6.07) is 9.60. The number of hydrogen-bond donors (Lipinski definition) is 1. The van der Waals surface area contributed by atoms with Gasteiger partial charge in [0, 0.05) is 30.6 Å². The Labute approximate surface area is 126 Å². The molecule has 1 aliphatic rings. The van der Waals surface area contributed by atoms with E-state index in [0.29, 0.717) is 12.1 Å². The second kappa shape index (κ2) is 6.16. The van der Waals surface area contributed by atoms with Gasteiger partial charge in [-0.1, -0.05) is 18.2 Å². The van der Waals surface area contributed by atoms with Crippen molar-refractivity contribution in [3.63, 3.8) is 0 Å². The summed E-state index contributed by atoms with van der Waals surface area (Å²) in [5.41, 5.74) is 8.45. The third kappa shape index (κ3) is 2.97. The van der Waals surface area contributed by atoms with E-state index in [0.717, 1.165) is 25.9 Å². The number of aryl methyl sites for hydroxylation is 1. The van der Waals surface area contributed by atoms with Crippen LogP contribution in [0.4, 0.5) is 0 Å². The molecule has 114 valence electrons. The molecule has 2 N–H and O–H groups in total. The quantitative estimate of drug-likeness (QED) is 0.940. The van der Waals surface area contributed by atoms with Crippen LogP contribution < -0.4 is 5.73 Å². The van der Waals surface area contributed by atoms with Crippen LogP contribution in [0.1, 0.15) is 38.3 Å². The second-order valence-electron chi connectivity index (χ2n) is 6.26. The molecule has 0 unspecified atom stereocenters. The molecule has 0 amide bonds. The van der Waals surface area contributed by atoms with Crippen molar-refractivity contribution in [2.24, 2.45) is 5.73 Å². The Balaban J connectivity index is 1.78. The minimum Gasteiger partial charge on any atom is -0.328 e. The average Bonchev–Trinajstić information content (AvgIpc) is 2.86. The van der Waals surface area contributed by atoms with Crippen molar-refractivity contribution in [3.05, 3.63) is 30.0 Å². The number of para-hydroxylation sites is 1. The normalized spacial score (nSPS) is 23.0. The van der Waals surface area contributed by atoms with Gasteiger partial charge < -0.3 is 5.73 Å². The molecule has 0 aliphatic heterocycles. The van der Waals surface area contributed by atoms with E-state index >= 15 is 0 Å². The van der Waals surface area contributed by atoms with Crippen molar-refractivity contribution >= 4 is 10.9 Å². The number of aromatic nitrogens is 2. The van der Waals surface area contributed by atoms with Crippen molar-refractivity contribution in [1.82, 2.24) is 14.7 Å². The molecule has 4 nitrogen and oxygen atoms in total.